The summed E-state index contributed by atoms with van der Waals surface area (Å²) in [5, 5.41) is 1.19. The van der Waals surface area contributed by atoms with E-state index in [4.69, 9.17) is 39.4 Å². The second kappa shape index (κ2) is 8.55. The van der Waals surface area contributed by atoms with E-state index < -0.39 is 0 Å². The molecular weight excluding hydrogens is 385 g/mol. The molecule has 134 valence electrons. The first-order valence-corrected chi connectivity index (χ1v) is 9.00. The van der Waals surface area contributed by atoms with E-state index in [0.29, 0.717) is 44.5 Å². The third-order valence-corrected chi connectivity index (χ3v) is 4.95. The van der Waals surface area contributed by atoms with Crippen molar-refractivity contribution in [1.82, 2.24) is 15.0 Å². The number of benzene rings is 1. The predicted molar refractivity (Wildman–Crippen MR) is 99.9 cm³/mol. The lowest BCUT2D eigenvalue weighted by Crippen LogP contribution is -2.16. The maximum atomic E-state index is 11.0. The van der Waals surface area contributed by atoms with Crippen LogP contribution in [-0.2, 0) is 4.79 Å². The van der Waals surface area contributed by atoms with Crippen molar-refractivity contribution in [3.05, 3.63) is 22.2 Å². The SMILES string of the molecule is COc1cc(-c2nc(N)nc(SCC(C)CC(N)=O)n2)c(Cl)cc1Cl. The molecule has 0 aliphatic carbocycles. The molecule has 1 amide bonds. The molecule has 0 radical (unpaired) electrons. The molecule has 0 aliphatic rings. The number of hydrogen-bond acceptors (Lipinski definition) is 7. The number of amides is 1. The molecule has 7 nitrogen and oxygen atoms in total. The minimum Gasteiger partial charge on any atom is -0.495 e. The van der Waals surface area contributed by atoms with E-state index in [9.17, 15) is 4.79 Å². The summed E-state index contributed by atoms with van der Waals surface area (Å²) >= 11 is 13.7. The zero-order valence-electron chi connectivity index (χ0n) is 13.6. The molecule has 0 bridgehead atoms. The fourth-order valence-corrected chi connectivity index (χ4v) is 3.44. The summed E-state index contributed by atoms with van der Waals surface area (Å²) in [5.41, 5.74) is 11.5. The van der Waals surface area contributed by atoms with E-state index in [1.165, 1.54) is 18.9 Å². The van der Waals surface area contributed by atoms with Crippen LogP contribution in [0.1, 0.15) is 13.3 Å². The largest absolute Gasteiger partial charge is 0.495 e. The molecule has 1 unspecified atom stereocenters. The van der Waals surface area contributed by atoms with Gasteiger partial charge in [0, 0.05) is 17.7 Å². The van der Waals surface area contributed by atoms with Crippen LogP contribution < -0.4 is 16.2 Å². The summed E-state index contributed by atoms with van der Waals surface area (Å²) in [6, 6.07) is 3.20. The number of rotatable bonds is 7. The van der Waals surface area contributed by atoms with Crippen LogP contribution >= 0.6 is 35.0 Å². The summed E-state index contributed by atoms with van der Waals surface area (Å²) < 4.78 is 5.20. The zero-order valence-corrected chi connectivity index (χ0v) is 16.0. The van der Waals surface area contributed by atoms with Crippen molar-refractivity contribution < 1.29 is 9.53 Å². The van der Waals surface area contributed by atoms with Crippen LogP contribution in [0, 0.1) is 5.92 Å². The summed E-state index contributed by atoms with van der Waals surface area (Å²) in [7, 11) is 1.50. The summed E-state index contributed by atoms with van der Waals surface area (Å²) in [5.74, 6) is 1.19. The maximum absolute atomic E-state index is 11.0. The molecule has 4 N–H and O–H groups in total. The number of carbonyl (C=O) groups excluding carboxylic acids is 1. The van der Waals surface area contributed by atoms with Gasteiger partial charge in [-0.2, -0.15) is 9.97 Å². The summed E-state index contributed by atoms with van der Waals surface area (Å²) in [6.45, 7) is 1.92. The lowest BCUT2D eigenvalue weighted by Gasteiger charge is -2.11. The van der Waals surface area contributed by atoms with Gasteiger partial charge in [-0.05, 0) is 18.1 Å². The van der Waals surface area contributed by atoms with Crippen molar-refractivity contribution in [3.8, 4) is 17.1 Å². The molecule has 1 aromatic heterocycles. The van der Waals surface area contributed by atoms with E-state index in [1.54, 1.807) is 12.1 Å². The number of nitrogens with zero attached hydrogens (tertiary/aromatic N) is 3. The monoisotopic (exact) mass is 401 g/mol. The number of thioether (sulfide) groups is 1. The van der Waals surface area contributed by atoms with Crippen molar-refractivity contribution in [2.24, 2.45) is 11.7 Å². The van der Waals surface area contributed by atoms with Crippen LogP contribution in [0.25, 0.3) is 11.4 Å². The highest BCUT2D eigenvalue weighted by Crippen LogP contribution is 2.36. The summed E-state index contributed by atoms with van der Waals surface area (Å²) in [6.07, 6.45) is 0.292. The minimum atomic E-state index is -0.344. The third kappa shape index (κ3) is 5.35. The van der Waals surface area contributed by atoms with E-state index in [2.05, 4.69) is 15.0 Å². The molecule has 1 aromatic carbocycles. The number of carbonyl (C=O) groups is 1. The van der Waals surface area contributed by atoms with Crippen LogP contribution in [0.15, 0.2) is 17.3 Å². The first-order valence-electron chi connectivity index (χ1n) is 7.26. The predicted octanol–water partition coefficient (Wildman–Crippen LogP) is 3.04. The average molecular weight is 402 g/mol. The average Bonchev–Trinajstić information content (AvgIpc) is 2.52. The van der Waals surface area contributed by atoms with Crippen molar-refractivity contribution in [2.45, 2.75) is 18.5 Å². The van der Waals surface area contributed by atoms with Gasteiger partial charge in [0.25, 0.3) is 0 Å². The van der Waals surface area contributed by atoms with Gasteiger partial charge in [0.15, 0.2) is 11.0 Å². The highest BCUT2D eigenvalue weighted by molar-refractivity contribution is 7.99. The maximum Gasteiger partial charge on any atom is 0.224 e. The van der Waals surface area contributed by atoms with E-state index >= 15 is 0 Å². The quantitative estimate of drug-likeness (QED) is 0.684. The fraction of sp³-hybridized carbons (Fsp3) is 0.333. The highest BCUT2D eigenvalue weighted by atomic mass is 35.5. The van der Waals surface area contributed by atoms with Crippen molar-refractivity contribution in [3.63, 3.8) is 0 Å². The van der Waals surface area contributed by atoms with Gasteiger partial charge in [-0.15, -0.1) is 0 Å². The fourth-order valence-electron chi connectivity index (χ4n) is 2.03. The minimum absolute atomic E-state index is 0.0695. The van der Waals surface area contributed by atoms with Crippen molar-refractivity contribution >= 4 is 46.8 Å². The van der Waals surface area contributed by atoms with E-state index in [-0.39, 0.29) is 17.8 Å². The first-order chi connectivity index (χ1) is 11.8. The number of nitrogen functional groups attached to an aromatic ring is 1. The van der Waals surface area contributed by atoms with Gasteiger partial charge >= 0.3 is 0 Å². The Hall–Kier alpha value is -1.77. The standard InChI is InChI=1S/C15H17Cl2N5O2S/c1-7(3-12(18)23)6-25-15-21-13(20-14(19)22-15)8-4-11(24-2)10(17)5-9(8)16/h4-5,7H,3,6H2,1-2H3,(H2,18,23)(H2,19,20,21,22). The number of aromatic nitrogens is 3. The Balaban J connectivity index is 2.29. The van der Waals surface area contributed by atoms with Crippen molar-refractivity contribution in [2.75, 3.05) is 18.6 Å². The molecule has 0 saturated carbocycles. The molecule has 1 atom stereocenters. The Bertz CT molecular complexity index is 791. The van der Waals surface area contributed by atoms with Crippen molar-refractivity contribution in [1.29, 1.82) is 0 Å². The van der Waals surface area contributed by atoms with Gasteiger partial charge in [-0.25, -0.2) is 4.98 Å². The molecule has 0 fully saturated rings. The van der Waals surface area contributed by atoms with Crippen LogP contribution in [-0.4, -0.2) is 33.7 Å². The number of primary amides is 1. The number of anilines is 1. The molecule has 0 spiro atoms. The lowest BCUT2D eigenvalue weighted by atomic mass is 10.1. The molecule has 0 aliphatic heterocycles. The molecule has 10 heteroatoms. The Labute approximate surface area is 159 Å². The smallest absolute Gasteiger partial charge is 0.224 e. The Morgan fingerprint density at radius 3 is 2.64 bits per heavy atom. The zero-order chi connectivity index (χ0) is 18.6. The molecule has 2 rings (SSSR count). The first kappa shape index (κ1) is 19.6. The van der Waals surface area contributed by atoms with E-state index in [0.717, 1.165) is 0 Å². The molecular formula is C15H17Cl2N5O2S. The van der Waals surface area contributed by atoms with Crippen LogP contribution in [0.5, 0.6) is 5.75 Å². The van der Waals surface area contributed by atoms with Crippen LogP contribution in [0.3, 0.4) is 0 Å². The second-order valence-electron chi connectivity index (χ2n) is 5.35. The number of halogens is 2. The normalized spacial score (nSPS) is 12.0. The Kier molecular flexibility index (Phi) is 6.69. The number of ether oxygens (including phenoxy) is 1. The third-order valence-electron chi connectivity index (χ3n) is 3.16. The van der Waals surface area contributed by atoms with Crippen LogP contribution in [0.2, 0.25) is 10.0 Å². The van der Waals surface area contributed by atoms with Gasteiger partial charge in [0.1, 0.15) is 5.75 Å². The van der Waals surface area contributed by atoms with Gasteiger partial charge in [-0.3, -0.25) is 4.79 Å². The number of nitrogens with two attached hydrogens (primary N) is 2. The van der Waals surface area contributed by atoms with Gasteiger partial charge < -0.3 is 16.2 Å². The van der Waals surface area contributed by atoms with Gasteiger partial charge in [0.2, 0.25) is 11.9 Å². The number of methoxy groups -OCH3 is 1. The highest BCUT2D eigenvalue weighted by Gasteiger charge is 2.15. The number of hydrogen-bond donors (Lipinski definition) is 2. The topological polar surface area (TPSA) is 117 Å². The van der Waals surface area contributed by atoms with Crippen LogP contribution in [0.4, 0.5) is 5.95 Å². The van der Waals surface area contributed by atoms with Gasteiger partial charge in [-0.1, -0.05) is 41.9 Å². The second-order valence-corrected chi connectivity index (χ2v) is 7.15. The lowest BCUT2D eigenvalue weighted by molar-refractivity contribution is -0.118. The molecule has 2 aromatic rings. The molecule has 1 heterocycles. The van der Waals surface area contributed by atoms with Gasteiger partial charge in [0.05, 0.1) is 17.2 Å². The van der Waals surface area contributed by atoms with E-state index in [1.807, 2.05) is 6.92 Å². The molecule has 25 heavy (non-hydrogen) atoms. The Morgan fingerprint density at radius 2 is 2.00 bits per heavy atom. The molecule has 0 saturated heterocycles. The summed E-state index contributed by atoms with van der Waals surface area (Å²) in [4.78, 5) is 23.6. The Morgan fingerprint density at radius 1 is 1.28 bits per heavy atom.